The molecule has 0 saturated carbocycles. The number of hydrogen-bond donors (Lipinski definition) is 1. The molecule has 2 atom stereocenters. The second-order valence-electron chi connectivity index (χ2n) is 6.17. The number of sulfone groups is 1. The van der Waals surface area contributed by atoms with Gasteiger partial charge in [-0.1, -0.05) is 12.1 Å². The van der Waals surface area contributed by atoms with Gasteiger partial charge in [0.15, 0.2) is 9.84 Å². The molecule has 2 rings (SSSR count). The highest BCUT2D eigenvalue weighted by Gasteiger charge is 2.25. The number of carbonyl (C=O) groups excluding carboxylic acids is 1. The molecule has 1 aromatic carbocycles. The van der Waals surface area contributed by atoms with Gasteiger partial charge in [-0.05, 0) is 51.1 Å². The summed E-state index contributed by atoms with van der Waals surface area (Å²) in [4.78, 5) is 14.8. The number of nitrogens with zero attached hydrogens (tertiary/aromatic N) is 1. The average Bonchev–Trinajstić information content (AvgIpc) is 2.46. The van der Waals surface area contributed by atoms with Gasteiger partial charge in [0.1, 0.15) is 0 Å². The molecule has 1 amide bonds. The van der Waals surface area contributed by atoms with Gasteiger partial charge >= 0.3 is 0 Å². The van der Waals surface area contributed by atoms with Gasteiger partial charge in [-0.25, -0.2) is 8.42 Å². The topological polar surface area (TPSA) is 66.5 Å². The van der Waals surface area contributed by atoms with Crippen LogP contribution in [0.2, 0.25) is 0 Å². The van der Waals surface area contributed by atoms with Gasteiger partial charge in [0.05, 0.1) is 16.9 Å². The van der Waals surface area contributed by atoms with Crippen molar-refractivity contribution in [1.29, 1.82) is 0 Å². The molecule has 1 aromatic rings. The molecule has 0 aromatic heterocycles. The highest BCUT2D eigenvalue weighted by Crippen LogP contribution is 2.19. The smallest absolute Gasteiger partial charge is 0.224 e. The Morgan fingerprint density at radius 3 is 2.50 bits per heavy atom. The lowest BCUT2D eigenvalue weighted by atomic mass is 9.97. The molecule has 1 saturated heterocycles. The molecule has 6 heteroatoms. The summed E-state index contributed by atoms with van der Waals surface area (Å²) in [5, 5.41) is 3.03. The zero-order valence-corrected chi connectivity index (χ0v) is 14.2. The first kappa shape index (κ1) is 17.0. The monoisotopic (exact) mass is 324 g/mol. The van der Waals surface area contributed by atoms with E-state index in [0.29, 0.717) is 4.90 Å². The Kier molecular flexibility index (Phi) is 5.24. The van der Waals surface area contributed by atoms with Crippen LogP contribution in [-0.2, 0) is 14.6 Å². The van der Waals surface area contributed by atoms with E-state index >= 15 is 0 Å². The maximum Gasteiger partial charge on any atom is 0.224 e. The summed E-state index contributed by atoms with van der Waals surface area (Å²) < 4.78 is 22.9. The molecule has 1 heterocycles. The van der Waals surface area contributed by atoms with Crippen molar-refractivity contribution < 1.29 is 13.2 Å². The summed E-state index contributed by atoms with van der Waals surface area (Å²) in [6.45, 7) is 3.76. The van der Waals surface area contributed by atoms with E-state index < -0.39 is 9.84 Å². The van der Waals surface area contributed by atoms with Gasteiger partial charge in [-0.3, -0.25) is 4.79 Å². The lowest BCUT2D eigenvalue weighted by molar-refractivity contribution is -0.127. The van der Waals surface area contributed by atoms with E-state index in [2.05, 4.69) is 10.2 Å². The fraction of sp³-hybridized carbons (Fsp3) is 0.562. The molecule has 0 aliphatic carbocycles. The first-order valence-electron chi connectivity index (χ1n) is 7.56. The Morgan fingerprint density at radius 1 is 1.32 bits per heavy atom. The minimum atomic E-state index is -3.18. The SMILES string of the molecule is C[C@@H](NC(=O)[C@@H]1CCCN(C)C1)c1ccc(S(C)(=O)=O)cc1. The van der Waals surface area contributed by atoms with Crippen molar-refractivity contribution >= 4 is 15.7 Å². The van der Waals surface area contributed by atoms with E-state index in [-0.39, 0.29) is 17.9 Å². The van der Waals surface area contributed by atoms with Crippen molar-refractivity contribution in [2.24, 2.45) is 5.92 Å². The van der Waals surface area contributed by atoms with E-state index in [1.165, 1.54) is 6.26 Å². The van der Waals surface area contributed by atoms with Gasteiger partial charge in [-0.2, -0.15) is 0 Å². The van der Waals surface area contributed by atoms with Crippen molar-refractivity contribution in [2.45, 2.75) is 30.7 Å². The van der Waals surface area contributed by atoms with Crippen LogP contribution in [0, 0.1) is 5.92 Å². The van der Waals surface area contributed by atoms with Crippen LogP contribution in [0.1, 0.15) is 31.4 Å². The Labute approximate surface area is 132 Å². The van der Waals surface area contributed by atoms with E-state index in [9.17, 15) is 13.2 Å². The molecule has 0 bridgehead atoms. The molecule has 22 heavy (non-hydrogen) atoms. The number of amides is 1. The Balaban J connectivity index is 1.99. The van der Waals surface area contributed by atoms with Gasteiger partial charge in [-0.15, -0.1) is 0 Å². The Morgan fingerprint density at radius 2 is 1.95 bits per heavy atom. The van der Waals surface area contributed by atoms with Crippen molar-refractivity contribution in [3.05, 3.63) is 29.8 Å². The van der Waals surface area contributed by atoms with Crippen LogP contribution >= 0.6 is 0 Å². The zero-order chi connectivity index (χ0) is 16.3. The van der Waals surface area contributed by atoms with Crippen molar-refractivity contribution in [3.8, 4) is 0 Å². The number of hydrogen-bond acceptors (Lipinski definition) is 4. The van der Waals surface area contributed by atoms with Gasteiger partial charge in [0, 0.05) is 12.8 Å². The first-order chi connectivity index (χ1) is 10.3. The number of likely N-dealkylation sites (tertiary alicyclic amines) is 1. The lowest BCUT2D eigenvalue weighted by Crippen LogP contribution is -2.42. The number of nitrogens with one attached hydrogen (secondary N) is 1. The van der Waals surface area contributed by atoms with E-state index in [1.807, 2.05) is 14.0 Å². The molecule has 1 aliphatic rings. The van der Waals surface area contributed by atoms with Crippen LogP contribution < -0.4 is 5.32 Å². The zero-order valence-electron chi connectivity index (χ0n) is 13.4. The predicted molar refractivity (Wildman–Crippen MR) is 86.3 cm³/mol. The van der Waals surface area contributed by atoms with Gasteiger partial charge in [0.2, 0.25) is 5.91 Å². The molecule has 5 nitrogen and oxygen atoms in total. The molecule has 0 radical (unpaired) electrons. The fourth-order valence-corrected chi connectivity index (χ4v) is 3.43. The van der Waals surface area contributed by atoms with Crippen LogP contribution in [-0.4, -0.2) is 45.6 Å². The minimum absolute atomic E-state index is 0.0384. The first-order valence-corrected chi connectivity index (χ1v) is 9.45. The molecule has 1 N–H and O–H groups in total. The second kappa shape index (κ2) is 6.79. The third kappa shape index (κ3) is 4.30. The van der Waals surface area contributed by atoms with E-state index in [1.54, 1.807) is 24.3 Å². The second-order valence-corrected chi connectivity index (χ2v) is 8.19. The highest BCUT2D eigenvalue weighted by molar-refractivity contribution is 7.90. The van der Waals surface area contributed by atoms with E-state index in [4.69, 9.17) is 0 Å². The third-order valence-electron chi connectivity index (χ3n) is 4.16. The maximum absolute atomic E-state index is 12.3. The number of carbonyl (C=O) groups is 1. The summed E-state index contributed by atoms with van der Waals surface area (Å²) in [5.41, 5.74) is 0.907. The van der Waals surface area contributed by atoms with Crippen molar-refractivity contribution in [1.82, 2.24) is 10.2 Å². The van der Waals surface area contributed by atoms with Crippen LogP contribution in [0.4, 0.5) is 0 Å². The summed E-state index contributed by atoms with van der Waals surface area (Å²) in [5.74, 6) is 0.114. The van der Waals surface area contributed by atoms with Gasteiger partial charge in [0.25, 0.3) is 0 Å². The van der Waals surface area contributed by atoms with Crippen LogP contribution in [0.5, 0.6) is 0 Å². The Hall–Kier alpha value is -1.40. The number of piperidine rings is 1. The molecule has 1 fully saturated rings. The standard InChI is InChI=1S/C16H24N2O3S/c1-12(13-6-8-15(9-7-13)22(3,20)21)17-16(19)14-5-4-10-18(2)11-14/h6-9,12,14H,4-5,10-11H2,1-3H3,(H,17,19)/t12-,14-/m1/s1. The average molecular weight is 324 g/mol. The van der Waals surface area contributed by atoms with Crippen molar-refractivity contribution in [3.63, 3.8) is 0 Å². The summed E-state index contributed by atoms with van der Waals surface area (Å²) >= 11 is 0. The van der Waals surface area contributed by atoms with Crippen LogP contribution in [0.3, 0.4) is 0 Å². The third-order valence-corrected chi connectivity index (χ3v) is 5.29. The maximum atomic E-state index is 12.3. The molecule has 0 unspecified atom stereocenters. The fourth-order valence-electron chi connectivity index (χ4n) is 2.80. The van der Waals surface area contributed by atoms with Crippen LogP contribution in [0.25, 0.3) is 0 Å². The molecule has 1 aliphatic heterocycles. The highest BCUT2D eigenvalue weighted by atomic mass is 32.2. The summed E-state index contributed by atoms with van der Waals surface area (Å²) in [6.07, 6.45) is 3.16. The van der Waals surface area contributed by atoms with Crippen LogP contribution in [0.15, 0.2) is 29.2 Å². The van der Waals surface area contributed by atoms with Gasteiger partial charge < -0.3 is 10.2 Å². The number of benzene rings is 1. The molecule has 0 spiro atoms. The summed E-state index contributed by atoms with van der Waals surface area (Å²) in [6, 6.07) is 6.56. The largest absolute Gasteiger partial charge is 0.349 e. The minimum Gasteiger partial charge on any atom is -0.349 e. The lowest BCUT2D eigenvalue weighted by Gasteiger charge is -2.29. The molecular weight excluding hydrogens is 300 g/mol. The van der Waals surface area contributed by atoms with E-state index in [0.717, 1.165) is 31.5 Å². The predicted octanol–water partition coefficient (Wildman–Crippen LogP) is 1.61. The molecular formula is C16H24N2O3S. The number of rotatable bonds is 4. The summed E-state index contributed by atoms with van der Waals surface area (Å²) in [7, 11) is -1.15. The van der Waals surface area contributed by atoms with Crippen molar-refractivity contribution in [2.75, 3.05) is 26.4 Å². The Bertz CT molecular complexity index is 625. The normalized spacial score (nSPS) is 21.3. The quantitative estimate of drug-likeness (QED) is 0.914. The molecule has 122 valence electrons.